The summed E-state index contributed by atoms with van der Waals surface area (Å²) in [7, 11) is 2.14. The molecule has 0 spiro atoms. The van der Waals surface area contributed by atoms with Crippen LogP contribution in [0.3, 0.4) is 0 Å². The monoisotopic (exact) mass is 394 g/mol. The number of nitrogens with zero attached hydrogens (tertiary/aromatic N) is 4. The maximum absolute atomic E-state index is 13.5. The molecule has 1 fully saturated rings. The van der Waals surface area contributed by atoms with Gasteiger partial charge >= 0.3 is 5.63 Å². The summed E-state index contributed by atoms with van der Waals surface area (Å²) in [4.78, 5) is 23.7. The van der Waals surface area contributed by atoms with Crippen molar-refractivity contribution in [1.82, 2.24) is 9.80 Å². The van der Waals surface area contributed by atoms with Crippen LogP contribution in [0.4, 0.5) is 10.1 Å². The van der Waals surface area contributed by atoms with Crippen LogP contribution in [0.5, 0.6) is 0 Å². The van der Waals surface area contributed by atoms with E-state index in [1.54, 1.807) is 11.0 Å². The van der Waals surface area contributed by atoms with E-state index in [0.29, 0.717) is 23.5 Å². The van der Waals surface area contributed by atoms with Crippen molar-refractivity contribution in [2.24, 2.45) is 4.99 Å². The minimum Gasteiger partial charge on any atom is -0.422 e. The second-order valence-electron chi connectivity index (χ2n) is 7.86. The standard InChI is InChI=1S/C22H23FN4O2/c1-25-7-2-8-26(10-9-25)17-5-3-15-11-18(22(28)29-20(15)12-17)19-14-27-13-16(23)4-6-21(27)24-19/h3-6,11-13,19H,2,7-10,14H2,1H3. The first-order chi connectivity index (χ1) is 14.1. The maximum Gasteiger partial charge on any atom is 0.341 e. The Labute approximate surface area is 168 Å². The average molecular weight is 394 g/mol. The number of benzene rings is 1. The molecule has 1 saturated heterocycles. The summed E-state index contributed by atoms with van der Waals surface area (Å²) >= 11 is 0. The minimum absolute atomic E-state index is 0.317. The Hall–Kier alpha value is -2.93. The molecule has 7 heteroatoms. The molecule has 0 saturated carbocycles. The average Bonchev–Trinajstić information content (AvgIpc) is 2.99. The molecule has 150 valence electrons. The van der Waals surface area contributed by atoms with Gasteiger partial charge in [-0.1, -0.05) is 0 Å². The van der Waals surface area contributed by atoms with Crippen molar-refractivity contribution in [2.75, 3.05) is 44.7 Å². The van der Waals surface area contributed by atoms with Gasteiger partial charge in [0.1, 0.15) is 23.3 Å². The Bertz CT molecular complexity index is 1100. The molecule has 0 bridgehead atoms. The van der Waals surface area contributed by atoms with E-state index < -0.39 is 0 Å². The number of anilines is 1. The normalized spacial score (nSPS) is 22.5. The van der Waals surface area contributed by atoms with Crippen LogP contribution in [0.1, 0.15) is 18.0 Å². The molecule has 0 radical (unpaired) electrons. The van der Waals surface area contributed by atoms with Crippen LogP contribution in [-0.2, 0) is 0 Å². The van der Waals surface area contributed by atoms with Crippen LogP contribution in [-0.4, -0.2) is 55.4 Å². The molecular formula is C22H23FN4O2. The number of rotatable bonds is 2. The van der Waals surface area contributed by atoms with Crippen molar-refractivity contribution < 1.29 is 8.81 Å². The zero-order valence-electron chi connectivity index (χ0n) is 16.3. The third kappa shape index (κ3) is 3.46. The highest BCUT2D eigenvalue weighted by Gasteiger charge is 2.28. The fraction of sp³-hybridized carbons (Fsp3) is 0.364. The van der Waals surface area contributed by atoms with E-state index >= 15 is 0 Å². The molecule has 3 aliphatic heterocycles. The predicted molar refractivity (Wildman–Crippen MR) is 112 cm³/mol. The third-order valence-electron chi connectivity index (χ3n) is 5.81. The molecule has 0 amide bonds. The molecule has 0 N–H and O–H groups in total. The molecule has 1 aromatic carbocycles. The molecule has 5 rings (SSSR count). The van der Waals surface area contributed by atoms with Crippen LogP contribution in [0.15, 0.2) is 62.6 Å². The van der Waals surface area contributed by atoms with Gasteiger partial charge in [0.15, 0.2) is 0 Å². The van der Waals surface area contributed by atoms with Gasteiger partial charge in [0.25, 0.3) is 0 Å². The first-order valence-electron chi connectivity index (χ1n) is 9.98. The van der Waals surface area contributed by atoms with E-state index in [0.717, 1.165) is 43.7 Å². The van der Waals surface area contributed by atoms with Crippen LogP contribution in [0.2, 0.25) is 0 Å². The molecule has 1 unspecified atom stereocenters. The van der Waals surface area contributed by atoms with Gasteiger partial charge in [-0.25, -0.2) is 9.18 Å². The minimum atomic E-state index is -0.382. The van der Waals surface area contributed by atoms with Crippen LogP contribution < -0.4 is 10.5 Å². The number of hydrogen-bond acceptors (Lipinski definition) is 6. The van der Waals surface area contributed by atoms with Crippen molar-refractivity contribution in [3.05, 3.63) is 64.4 Å². The summed E-state index contributed by atoms with van der Waals surface area (Å²) < 4.78 is 19.1. The molecule has 29 heavy (non-hydrogen) atoms. The summed E-state index contributed by atoms with van der Waals surface area (Å²) in [6.45, 7) is 4.49. The van der Waals surface area contributed by atoms with Gasteiger partial charge in [-0.3, -0.25) is 4.99 Å². The third-order valence-corrected chi connectivity index (χ3v) is 5.81. The molecule has 0 aliphatic carbocycles. The zero-order chi connectivity index (χ0) is 20.0. The van der Waals surface area contributed by atoms with E-state index in [2.05, 4.69) is 27.9 Å². The maximum atomic E-state index is 13.5. The predicted octanol–water partition coefficient (Wildman–Crippen LogP) is 3.07. The molecule has 1 aromatic heterocycles. The van der Waals surface area contributed by atoms with Gasteiger partial charge < -0.3 is 19.1 Å². The summed E-state index contributed by atoms with van der Waals surface area (Å²) in [6.07, 6.45) is 5.53. The highest BCUT2D eigenvalue weighted by molar-refractivity contribution is 5.96. The molecule has 1 atom stereocenters. The van der Waals surface area contributed by atoms with Crippen LogP contribution in [0.25, 0.3) is 11.0 Å². The smallest absolute Gasteiger partial charge is 0.341 e. The van der Waals surface area contributed by atoms with E-state index in [1.807, 2.05) is 18.2 Å². The summed E-state index contributed by atoms with van der Waals surface area (Å²) in [5.41, 5.74) is 1.79. The zero-order valence-corrected chi connectivity index (χ0v) is 16.3. The van der Waals surface area contributed by atoms with Gasteiger partial charge in [0, 0.05) is 43.0 Å². The van der Waals surface area contributed by atoms with Gasteiger partial charge in [0.05, 0.1) is 12.1 Å². The number of hydrogen-bond donors (Lipinski definition) is 0. The lowest BCUT2D eigenvalue weighted by Gasteiger charge is -2.23. The Balaban J connectivity index is 1.45. The second-order valence-corrected chi connectivity index (χ2v) is 7.86. The number of amidine groups is 1. The van der Waals surface area contributed by atoms with E-state index in [1.165, 1.54) is 12.3 Å². The van der Waals surface area contributed by atoms with Crippen molar-refractivity contribution in [3.8, 4) is 0 Å². The number of likely N-dealkylation sites (N-methyl/N-ethyl adjacent to an activating group) is 1. The fourth-order valence-corrected chi connectivity index (χ4v) is 4.18. The van der Waals surface area contributed by atoms with Crippen molar-refractivity contribution in [1.29, 1.82) is 0 Å². The lowest BCUT2D eigenvalue weighted by atomic mass is 10.1. The first kappa shape index (κ1) is 18.1. The Morgan fingerprint density at radius 1 is 1.14 bits per heavy atom. The Morgan fingerprint density at radius 2 is 2.03 bits per heavy atom. The number of fused-ring (bicyclic) bond motifs is 2. The lowest BCUT2D eigenvalue weighted by molar-refractivity contribution is 0.360. The van der Waals surface area contributed by atoms with E-state index in [9.17, 15) is 9.18 Å². The quantitative estimate of drug-likeness (QED) is 0.733. The highest BCUT2D eigenvalue weighted by Crippen LogP contribution is 2.29. The van der Waals surface area contributed by atoms with Crippen molar-refractivity contribution >= 4 is 22.5 Å². The molecule has 2 aromatic rings. The number of aliphatic imine (C=N–C) groups is 1. The second kappa shape index (κ2) is 7.15. The highest BCUT2D eigenvalue weighted by atomic mass is 19.1. The molecule has 3 aliphatic rings. The van der Waals surface area contributed by atoms with Gasteiger partial charge in [0.2, 0.25) is 0 Å². The summed E-state index contributed by atoms with van der Waals surface area (Å²) in [6, 6.07) is 7.54. The van der Waals surface area contributed by atoms with Gasteiger partial charge in [-0.05, 0) is 50.4 Å². The molecular weight excluding hydrogens is 371 g/mol. The van der Waals surface area contributed by atoms with Gasteiger partial charge in [-0.15, -0.1) is 0 Å². The van der Waals surface area contributed by atoms with E-state index in [4.69, 9.17) is 4.42 Å². The largest absolute Gasteiger partial charge is 0.422 e. The van der Waals surface area contributed by atoms with Gasteiger partial charge in [-0.2, -0.15) is 0 Å². The Morgan fingerprint density at radius 3 is 2.93 bits per heavy atom. The number of halogens is 1. The topological polar surface area (TPSA) is 52.3 Å². The summed E-state index contributed by atoms with van der Waals surface area (Å²) in [5, 5.41) is 0.873. The Kier molecular flexibility index (Phi) is 4.47. The van der Waals surface area contributed by atoms with Crippen molar-refractivity contribution in [3.63, 3.8) is 0 Å². The van der Waals surface area contributed by atoms with Crippen LogP contribution in [0, 0.1) is 0 Å². The molecule has 6 nitrogen and oxygen atoms in total. The number of allylic oxidation sites excluding steroid dienone is 2. The fourth-order valence-electron chi connectivity index (χ4n) is 4.18. The van der Waals surface area contributed by atoms with Crippen LogP contribution >= 0.6 is 0 Å². The van der Waals surface area contributed by atoms with E-state index in [-0.39, 0.29) is 17.5 Å². The molecule has 4 heterocycles. The lowest BCUT2D eigenvalue weighted by Crippen LogP contribution is -2.28. The SMILES string of the molecule is CN1CCCN(c2ccc3cc(C4CN5C=C(F)C=CC5=N4)c(=O)oc3c2)CC1. The first-order valence-corrected chi connectivity index (χ1v) is 9.98. The summed E-state index contributed by atoms with van der Waals surface area (Å²) in [5.74, 6) is 0.347. The van der Waals surface area contributed by atoms with Crippen molar-refractivity contribution in [2.45, 2.75) is 12.5 Å².